The fraction of sp³-hybridized carbons (Fsp3) is 0.462. The minimum Gasteiger partial charge on any atom is -0.344 e. The predicted molar refractivity (Wildman–Crippen MR) is 72.4 cm³/mol. The molecule has 0 unspecified atom stereocenters. The molecule has 0 fully saturated rings. The molecule has 2 aromatic rings. The quantitative estimate of drug-likeness (QED) is 0.853. The Morgan fingerprint density at radius 3 is 3.12 bits per heavy atom. The Hall–Kier alpha value is -1.13. The number of aryl methyl sites for hydroxylation is 1. The summed E-state index contributed by atoms with van der Waals surface area (Å²) in [6, 6.07) is 4.24. The maximum absolute atomic E-state index is 4.65. The first kappa shape index (κ1) is 12.3. The van der Waals surface area contributed by atoms with E-state index in [1.165, 1.54) is 22.8 Å². The van der Waals surface area contributed by atoms with Crippen LogP contribution in [-0.4, -0.2) is 16.6 Å². The lowest BCUT2D eigenvalue weighted by Gasteiger charge is -2.06. The maximum Gasteiger partial charge on any atom is 0.0928 e. The molecule has 2 heterocycles. The molecule has 2 aromatic heterocycles. The van der Waals surface area contributed by atoms with Gasteiger partial charge in [0.1, 0.15) is 0 Å². The zero-order valence-electron chi connectivity index (χ0n) is 10.4. The number of aromatic nitrogens is 2. The Morgan fingerprint density at radius 1 is 1.47 bits per heavy atom. The molecule has 0 aromatic carbocycles. The molecule has 0 radical (unpaired) electrons. The number of nitrogens with one attached hydrogen (secondary N) is 1. The van der Waals surface area contributed by atoms with Crippen molar-refractivity contribution < 1.29 is 0 Å². The van der Waals surface area contributed by atoms with E-state index in [1.54, 1.807) is 11.3 Å². The number of nitrogens with zero attached hydrogens (tertiary/aromatic N) is 2. The molecule has 1 N–H and O–H groups in total. The van der Waals surface area contributed by atoms with Gasteiger partial charge in [-0.25, -0.2) is 4.98 Å². The fourth-order valence-electron chi connectivity index (χ4n) is 1.87. The van der Waals surface area contributed by atoms with Crippen molar-refractivity contribution in [3.63, 3.8) is 0 Å². The first-order valence-corrected chi connectivity index (χ1v) is 6.93. The number of hydrogen-bond acceptors (Lipinski definition) is 3. The van der Waals surface area contributed by atoms with E-state index in [0.29, 0.717) is 0 Å². The lowest BCUT2D eigenvalue weighted by molar-refractivity contribution is 0.685. The van der Waals surface area contributed by atoms with Gasteiger partial charge in [0.05, 0.1) is 17.2 Å². The third-order valence-corrected chi connectivity index (χ3v) is 3.63. The average molecular weight is 249 g/mol. The molecule has 0 aliphatic heterocycles. The summed E-state index contributed by atoms with van der Waals surface area (Å²) in [5.74, 6) is 0. The van der Waals surface area contributed by atoms with Crippen molar-refractivity contribution in [2.45, 2.75) is 32.9 Å². The highest BCUT2D eigenvalue weighted by Gasteiger charge is 2.04. The van der Waals surface area contributed by atoms with Gasteiger partial charge in [-0.3, -0.25) is 0 Å². The van der Waals surface area contributed by atoms with Crippen LogP contribution < -0.4 is 5.32 Å². The molecule has 0 saturated carbocycles. The second kappa shape index (κ2) is 5.98. The van der Waals surface area contributed by atoms with E-state index in [-0.39, 0.29) is 0 Å². The first-order chi connectivity index (χ1) is 8.33. The van der Waals surface area contributed by atoms with Gasteiger partial charge in [-0.1, -0.05) is 6.92 Å². The van der Waals surface area contributed by atoms with Crippen LogP contribution in [0.15, 0.2) is 23.7 Å². The summed E-state index contributed by atoms with van der Waals surface area (Å²) >= 11 is 1.78. The monoisotopic (exact) mass is 249 g/mol. The number of hydrogen-bond donors (Lipinski definition) is 1. The summed E-state index contributed by atoms with van der Waals surface area (Å²) in [5.41, 5.74) is 2.48. The molecule has 0 atom stereocenters. The molecule has 4 heteroatoms. The van der Waals surface area contributed by atoms with Gasteiger partial charge in [0.2, 0.25) is 0 Å². The molecule has 0 spiro atoms. The third-order valence-electron chi connectivity index (χ3n) is 2.68. The molecule has 0 bridgehead atoms. The molecule has 0 aliphatic rings. The Balaban J connectivity index is 2.05. The first-order valence-electron chi connectivity index (χ1n) is 6.05. The standard InChI is InChI=1S/C13H19N3S/c1-3-5-13-15-11(10-17-13)9-16-7-4-6-12(16)8-14-2/h4,6-7,10,14H,3,5,8-9H2,1-2H3. The molecule has 2 rings (SSSR count). The van der Waals surface area contributed by atoms with Gasteiger partial charge in [0, 0.05) is 23.8 Å². The van der Waals surface area contributed by atoms with Crippen molar-refractivity contribution in [3.05, 3.63) is 40.1 Å². The van der Waals surface area contributed by atoms with E-state index >= 15 is 0 Å². The lowest BCUT2D eigenvalue weighted by atomic mass is 10.3. The largest absolute Gasteiger partial charge is 0.344 e. The van der Waals surface area contributed by atoms with E-state index in [1.807, 2.05) is 7.05 Å². The van der Waals surface area contributed by atoms with Gasteiger partial charge in [0.15, 0.2) is 0 Å². The molecular weight excluding hydrogens is 230 g/mol. The van der Waals surface area contributed by atoms with Crippen LogP contribution in [0.1, 0.15) is 29.7 Å². The Morgan fingerprint density at radius 2 is 2.35 bits per heavy atom. The highest BCUT2D eigenvalue weighted by molar-refractivity contribution is 7.09. The molecule has 92 valence electrons. The lowest BCUT2D eigenvalue weighted by Crippen LogP contribution is -2.11. The number of rotatable bonds is 6. The maximum atomic E-state index is 4.65. The van der Waals surface area contributed by atoms with Crippen molar-refractivity contribution in [3.8, 4) is 0 Å². The molecule has 3 nitrogen and oxygen atoms in total. The van der Waals surface area contributed by atoms with Crippen LogP contribution in [0.5, 0.6) is 0 Å². The molecule has 17 heavy (non-hydrogen) atoms. The fourth-order valence-corrected chi connectivity index (χ4v) is 2.76. The van der Waals surface area contributed by atoms with Crippen molar-refractivity contribution in [1.29, 1.82) is 0 Å². The van der Waals surface area contributed by atoms with E-state index < -0.39 is 0 Å². The van der Waals surface area contributed by atoms with Gasteiger partial charge in [-0.15, -0.1) is 11.3 Å². The van der Waals surface area contributed by atoms with Crippen LogP contribution in [0.3, 0.4) is 0 Å². The molecule has 0 amide bonds. The van der Waals surface area contributed by atoms with Gasteiger partial charge in [0.25, 0.3) is 0 Å². The van der Waals surface area contributed by atoms with E-state index in [2.05, 4.69) is 45.5 Å². The van der Waals surface area contributed by atoms with E-state index in [0.717, 1.165) is 19.5 Å². The molecular formula is C13H19N3S. The second-order valence-electron chi connectivity index (χ2n) is 4.14. The Labute approximate surface area is 107 Å². The molecule has 0 aliphatic carbocycles. The minimum absolute atomic E-state index is 0.879. The van der Waals surface area contributed by atoms with Gasteiger partial charge >= 0.3 is 0 Å². The van der Waals surface area contributed by atoms with E-state index in [9.17, 15) is 0 Å². The van der Waals surface area contributed by atoms with Crippen molar-refractivity contribution >= 4 is 11.3 Å². The van der Waals surface area contributed by atoms with Crippen LogP contribution in [0.4, 0.5) is 0 Å². The van der Waals surface area contributed by atoms with Gasteiger partial charge < -0.3 is 9.88 Å². The highest BCUT2D eigenvalue weighted by atomic mass is 32.1. The summed E-state index contributed by atoms with van der Waals surface area (Å²) in [6.45, 7) is 3.97. The van der Waals surface area contributed by atoms with Crippen molar-refractivity contribution in [2.24, 2.45) is 0 Å². The van der Waals surface area contributed by atoms with Crippen LogP contribution in [0.25, 0.3) is 0 Å². The minimum atomic E-state index is 0.879. The predicted octanol–water partition coefficient (Wildman–Crippen LogP) is 2.66. The van der Waals surface area contributed by atoms with Gasteiger partial charge in [-0.2, -0.15) is 0 Å². The SMILES string of the molecule is CCCc1nc(Cn2cccc2CNC)cs1. The molecule has 0 saturated heterocycles. The normalized spacial score (nSPS) is 10.9. The van der Waals surface area contributed by atoms with Crippen molar-refractivity contribution in [2.75, 3.05) is 7.05 Å². The van der Waals surface area contributed by atoms with Crippen LogP contribution >= 0.6 is 11.3 Å². The van der Waals surface area contributed by atoms with Crippen LogP contribution in [0.2, 0.25) is 0 Å². The zero-order chi connectivity index (χ0) is 12.1. The van der Waals surface area contributed by atoms with Crippen LogP contribution in [0, 0.1) is 0 Å². The topological polar surface area (TPSA) is 29.9 Å². The Kier molecular flexibility index (Phi) is 4.34. The summed E-state index contributed by atoms with van der Waals surface area (Å²) in [7, 11) is 1.97. The van der Waals surface area contributed by atoms with E-state index in [4.69, 9.17) is 0 Å². The smallest absolute Gasteiger partial charge is 0.0928 e. The highest BCUT2D eigenvalue weighted by Crippen LogP contribution is 2.14. The summed E-state index contributed by atoms with van der Waals surface area (Å²) in [4.78, 5) is 4.65. The summed E-state index contributed by atoms with van der Waals surface area (Å²) < 4.78 is 2.25. The summed E-state index contributed by atoms with van der Waals surface area (Å²) in [6.07, 6.45) is 4.38. The van der Waals surface area contributed by atoms with Crippen LogP contribution in [-0.2, 0) is 19.5 Å². The second-order valence-corrected chi connectivity index (χ2v) is 5.08. The van der Waals surface area contributed by atoms with Crippen molar-refractivity contribution in [1.82, 2.24) is 14.9 Å². The summed E-state index contributed by atoms with van der Waals surface area (Å²) in [5, 5.41) is 6.61. The van der Waals surface area contributed by atoms with Gasteiger partial charge in [-0.05, 0) is 32.0 Å². The zero-order valence-corrected chi connectivity index (χ0v) is 11.3. The average Bonchev–Trinajstić information content (AvgIpc) is 2.91. The third kappa shape index (κ3) is 3.17. The number of thiazole rings is 1. The Bertz CT molecular complexity index is 459.